The molecule has 0 atom stereocenters. The van der Waals surface area contributed by atoms with Gasteiger partial charge < -0.3 is 21.7 Å². The Kier molecular flexibility index (Phi) is 2.85. The van der Waals surface area contributed by atoms with E-state index in [-0.39, 0.29) is 0 Å². The maximum Gasteiger partial charge on any atom is 0.334 e. The molecule has 0 spiro atoms. The van der Waals surface area contributed by atoms with Gasteiger partial charge in [-0.3, -0.25) is 0 Å². The molecule has 64 valence electrons. The molecule has 0 aliphatic carbocycles. The molecule has 0 saturated heterocycles. The van der Waals surface area contributed by atoms with Crippen molar-refractivity contribution in [1.82, 2.24) is 0 Å². The van der Waals surface area contributed by atoms with E-state index in [9.17, 15) is 9.59 Å². The van der Waals surface area contributed by atoms with Crippen molar-refractivity contribution in [3.63, 3.8) is 0 Å². The molecule has 0 saturated carbocycles. The molecule has 0 aliphatic rings. The number of hydrogen-bond donors (Lipinski definition) is 5. The predicted octanol–water partition coefficient (Wildman–Crippen LogP) is -1.93. The van der Waals surface area contributed by atoms with Crippen LogP contribution >= 0.6 is 12.6 Å². The van der Waals surface area contributed by atoms with Crippen molar-refractivity contribution >= 4 is 24.6 Å². The summed E-state index contributed by atoms with van der Waals surface area (Å²) in [5.74, 6) is -3.35. The van der Waals surface area contributed by atoms with Gasteiger partial charge in [0.25, 0.3) is 0 Å². The van der Waals surface area contributed by atoms with Crippen LogP contribution < -0.4 is 11.5 Å². The van der Waals surface area contributed by atoms with Crippen LogP contribution in [-0.2, 0) is 9.59 Å². The first-order valence-corrected chi connectivity index (χ1v) is 2.98. The van der Waals surface area contributed by atoms with Crippen LogP contribution in [0.5, 0.6) is 0 Å². The fourth-order valence-corrected chi connectivity index (χ4v) is 0.377. The number of carboxylic acid groups (broad SMARTS) is 2. The lowest BCUT2D eigenvalue weighted by atomic mass is 10.1. The van der Waals surface area contributed by atoms with Gasteiger partial charge in [0.2, 0.25) is 4.75 Å². The fraction of sp³-hybridized carbons (Fsp3) is 0.500. The van der Waals surface area contributed by atoms with Gasteiger partial charge in [-0.25, -0.2) is 9.59 Å². The molecule has 0 rings (SSSR count). The van der Waals surface area contributed by atoms with Crippen LogP contribution in [-0.4, -0.2) is 33.1 Å². The Morgan fingerprint density at radius 1 is 1.27 bits per heavy atom. The van der Waals surface area contributed by atoms with Gasteiger partial charge in [-0.05, 0) is 0 Å². The van der Waals surface area contributed by atoms with Crippen LogP contribution in [0.3, 0.4) is 0 Å². The second kappa shape index (κ2) is 3.07. The van der Waals surface area contributed by atoms with Crippen LogP contribution in [0.1, 0.15) is 0 Å². The summed E-state index contributed by atoms with van der Waals surface area (Å²) in [6, 6.07) is 0. The van der Waals surface area contributed by atoms with Gasteiger partial charge in [0.15, 0.2) is 0 Å². The summed E-state index contributed by atoms with van der Waals surface area (Å²) < 4.78 is -2.42. The monoisotopic (exact) mass is 180 g/mol. The van der Waals surface area contributed by atoms with Crippen molar-refractivity contribution in [2.45, 2.75) is 10.9 Å². The zero-order chi connectivity index (χ0) is 9.23. The second-order valence-corrected chi connectivity index (χ2v) is 2.61. The Bertz CT molecular complexity index is 179. The molecule has 0 unspecified atom stereocenters. The summed E-state index contributed by atoms with van der Waals surface area (Å²) in [5.41, 5.74) is 9.83. The molecule has 0 radical (unpaired) electrons. The number of carbonyl (C=O) groups is 2. The Morgan fingerprint density at radius 2 is 1.55 bits per heavy atom. The lowest BCUT2D eigenvalue weighted by Gasteiger charge is -2.21. The van der Waals surface area contributed by atoms with Crippen molar-refractivity contribution < 1.29 is 19.8 Å². The molecule has 6 N–H and O–H groups in total. The number of nitrogens with two attached hydrogens (primary N) is 2. The highest BCUT2D eigenvalue weighted by Crippen LogP contribution is 2.15. The predicted molar refractivity (Wildman–Crippen MR) is 39.2 cm³/mol. The molecule has 0 fully saturated rings. The van der Waals surface area contributed by atoms with E-state index in [0.29, 0.717) is 0 Å². The summed E-state index contributed by atoms with van der Waals surface area (Å²) in [7, 11) is 0. The summed E-state index contributed by atoms with van der Waals surface area (Å²) >= 11 is 3.35. The molecule has 6 nitrogen and oxygen atoms in total. The molecular formula is C4H8N2O4S. The van der Waals surface area contributed by atoms with Gasteiger partial charge in [0, 0.05) is 0 Å². The zero-order valence-corrected chi connectivity index (χ0v) is 6.28. The number of hydrogen-bond acceptors (Lipinski definition) is 5. The largest absolute Gasteiger partial charge is 0.480 e. The third-order valence-corrected chi connectivity index (χ3v) is 1.82. The lowest BCUT2D eigenvalue weighted by Crippen LogP contribution is -2.59. The van der Waals surface area contributed by atoms with Crippen molar-refractivity contribution in [2.24, 2.45) is 11.5 Å². The standard InChI is InChI=1S/C4H8N2O4S/c5-1(6)4(11,2(7)8)3(9)10/h1,11H,5-6H2,(H,7,8)(H,9,10). The Labute approximate surface area is 67.6 Å². The van der Waals surface area contributed by atoms with Crippen LogP contribution in [0.25, 0.3) is 0 Å². The van der Waals surface area contributed by atoms with E-state index < -0.39 is 22.9 Å². The maximum absolute atomic E-state index is 10.3. The number of carboxylic acids is 2. The topological polar surface area (TPSA) is 127 Å². The first-order chi connectivity index (χ1) is 4.83. The lowest BCUT2D eigenvalue weighted by molar-refractivity contribution is -0.152. The first kappa shape index (κ1) is 10.2. The summed E-state index contributed by atoms with van der Waals surface area (Å²) in [5, 5.41) is 16.7. The van der Waals surface area contributed by atoms with Crippen LogP contribution in [0.15, 0.2) is 0 Å². The van der Waals surface area contributed by atoms with E-state index in [1.807, 2.05) is 0 Å². The Hall–Kier alpha value is -0.790. The summed E-state index contributed by atoms with van der Waals surface area (Å²) in [6.07, 6.45) is -1.55. The van der Waals surface area contributed by atoms with E-state index in [1.54, 1.807) is 0 Å². The van der Waals surface area contributed by atoms with Crippen molar-refractivity contribution in [2.75, 3.05) is 0 Å². The Balaban J connectivity index is 4.82. The third-order valence-electron chi connectivity index (χ3n) is 1.13. The van der Waals surface area contributed by atoms with Gasteiger partial charge in [0.1, 0.15) is 0 Å². The van der Waals surface area contributed by atoms with E-state index in [1.165, 1.54) is 0 Å². The first-order valence-electron chi connectivity index (χ1n) is 2.53. The molecule has 7 heteroatoms. The van der Waals surface area contributed by atoms with Crippen molar-refractivity contribution in [3.8, 4) is 0 Å². The Morgan fingerprint density at radius 3 is 1.55 bits per heavy atom. The molecule has 0 aliphatic heterocycles. The molecule has 0 amide bonds. The highest BCUT2D eigenvalue weighted by Gasteiger charge is 2.47. The highest BCUT2D eigenvalue weighted by molar-refractivity contribution is 7.83. The van der Waals surface area contributed by atoms with E-state index >= 15 is 0 Å². The van der Waals surface area contributed by atoms with E-state index in [2.05, 4.69) is 12.6 Å². The van der Waals surface area contributed by atoms with Gasteiger partial charge in [0.05, 0.1) is 6.17 Å². The minimum atomic E-state index is -2.42. The van der Waals surface area contributed by atoms with Crippen molar-refractivity contribution in [3.05, 3.63) is 0 Å². The molecule has 11 heavy (non-hydrogen) atoms. The van der Waals surface area contributed by atoms with Gasteiger partial charge >= 0.3 is 11.9 Å². The molecule has 0 aromatic rings. The molecule has 0 heterocycles. The maximum atomic E-state index is 10.3. The average Bonchev–Trinajstić information content (AvgIpc) is 1.84. The smallest absolute Gasteiger partial charge is 0.334 e. The quantitative estimate of drug-likeness (QED) is 0.195. The van der Waals surface area contributed by atoms with Crippen LogP contribution in [0, 0.1) is 0 Å². The summed E-state index contributed by atoms with van der Waals surface area (Å²) in [4.78, 5) is 20.6. The van der Waals surface area contributed by atoms with E-state index in [0.717, 1.165) is 0 Å². The third kappa shape index (κ3) is 1.62. The SMILES string of the molecule is NC(N)C(S)(C(=O)O)C(=O)O. The summed E-state index contributed by atoms with van der Waals surface area (Å²) in [6.45, 7) is 0. The molecule has 0 aromatic carbocycles. The minimum absolute atomic E-state index is 1.55. The minimum Gasteiger partial charge on any atom is -0.480 e. The van der Waals surface area contributed by atoms with Gasteiger partial charge in [-0.15, -0.1) is 12.6 Å². The average molecular weight is 180 g/mol. The molecule has 0 aromatic heterocycles. The van der Waals surface area contributed by atoms with Crippen LogP contribution in [0.4, 0.5) is 0 Å². The van der Waals surface area contributed by atoms with Gasteiger partial charge in [-0.2, -0.15) is 0 Å². The molecule has 0 bridgehead atoms. The molecular weight excluding hydrogens is 172 g/mol. The number of rotatable bonds is 3. The normalized spacial score (nSPS) is 11.6. The van der Waals surface area contributed by atoms with Crippen molar-refractivity contribution in [1.29, 1.82) is 0 Å². The zero-order valence-electron chi connectivity index (χ0n) is 5.39. The fourth-order valence-electron chi connectivity index (χ4n) is 0.377. The highest BCUT2D eigenvalue weighted by atomic mass is 32.1. The second-order valence-electron chi connectivity index (χ2n) is 1.90. The van der Waals surface area contributed by atoms with E-state index in [4.69, 9.17) is 21.7 Å². The van der Waals surface area contributed by atoms with Gasteiger partial charge in [-0.1, -0.05) is 0 Å². The number of aliphatic carboxylic acids is 2. The number of thiol groups is 1. The van der Waals surface area contributed by atoms with Crippen LogP contribution in [0.2, 0.25) is 0 Å².